The van der Waals surface area contributed by atoms with E-state index in [0.29, 0.717) is 35.7 Å². The Morgan fingerprint density at radius 2 is 1.68 bits per heavy atom. The van der Waals surface area contributed by atoms with Gasteiger partial charge in [0.1, 0.15) is 22.3 Å². The number of carbonyl (C=O) groups is 1. The van der Waals surface area contributed by atoms with Crippen molar-refractivity contribution in [2.75, 3.05) is 6.54 Å². The zero-order chi connectivity index (χ0) is 28.8. The van der Waals surface area contributed by atoms with Gasteiger partial charge in [-0.2, -0.15) is 5.26 Å². The number of furan rings is 1. The van der Waals surface area contributed by atoms with Gasteiger partial charge in [-0.3, -0.25) is 24.3 Å². The first kappa shape index (κ1) is 27.1. The van der Waals surface area contributed by atoms with Crippen LogP contribution < -0.4 is 20.1 Å². The van der Waals surface area contributed by atoms with Crippen LogP contribution in [0.2, 0.25) is 0 Å². The third-order valence-corrected chi connectivity index (χ3v) is 7.29. The lowest BCUT2D eigenvalue weighted by atomic mass is 10.1. The number of nitrogens with one attached hydrogen (secondary N) is 1. The molecule has 0 bridgehead atoms. The van der Waals surface area contributed by atoms with Crippen LogP contribution in [-0.2, 0) is 11.2 Å². The molecular weight excluding hydrogens is 540 g/mol. The Hall–Kier alpha value is -5.53. The standard InChI is InChI=1S/C31H22N4O5S/c32-20-26(29(36)33-18-17-21-7-3-1-4-8-21)31-34(23-9-5-2-6-10-23)30(37)28(41-31)19-25-15-16-27(40-25)22-11-13-24(14-12-22)35(38)39/h1-16,19H,17-18H2,(H,33,36)/b28-19+,31-26-. The highest BCUT2D eigenvalue weighted by atomic mass is 32.1. The third-order valence-electron chi connectivity index (χ3n) is 6.20. The average molecular weight is 563 g/mol. The molecule has 0 radical (unpaired) electrons. The summed E-state index contributed by atoms with van der Waals surface area (Å²) in [6, 6.07) is 29.7. The summed E-state index contributed by atoms with van der Waals surface area (Å²) in [6.45, 7) is 0.325. The normalized spacial score (nSPS) is 12.0. The lowest BCUT2D eigenvalue weighted by Gasteiger charge is -2.06. The number of nitrogens with zero attached hydrogens (tertiary/aromatic N) is 3. The highest BCUT2D eigenvalue weighted by molar-refractivity contribution is 7.07. The van der Waals surface area contributed by atoms with Gasteiger partial charge in [0, 0.05) is 30.3 Å². The molecule has 10 heteroatoms. The minimum atomic E-state index is -0.570. The predicted octanol–water partition coefficient (Wildman–Crippen LogP) is 3.93. The molecule has 0 aliphatic carbocycles. The lowest BCUT2D eigenvalue weighted by molar-refractivity contribution is -0.384. The van der Waals surface area contributed by atoms with Crippen LogP contribution in [0.4, 0.5) is 5.69 Å². The number of amides is 1. The van der Waals surface area contributed by atoms with E-state index in [2.05, 4.69) is 5.32 Å². The maximum atomic E-state index is 13.6. The van der Waals surface area contributed by atoms with Crippen LogP contribution in [0.25, 0.3) is 28.7 Å². The van der Waals surface area contributed by atoms with E-state index >= 15 is 0 Å². The van der Waals surface area contributed by atoms with Crippen molar-refractivity contribution in [3.8, 4) is 23.1 Å². The van der Waals surface area contributed by atoms with Crippen molar-refractivity contribution in [2.45, 2.75) is 6.42 Å². The number of nitro benzene ring substituents is 1. The molecule has 0 aliphatic rings. The number of nitriles is 1. The molecule has 0 atom stereocenters. The van der Waals surface area contributed by atoms with E-state index in [4.69, 9.17) is 4.42 Å². The lowest BCUT2D eigenvalue weighted by Crippen LogP contribution is -2.34. The molecule has 0 aliphatic heterocycles. The first-order valence-electron chi connectivity index (χ1n) is 12.5. The van der Waals surface area contributed by atoms with Crippen molar-refractivity contribution in [1.82, 2.24) is 9.88 Å². The Bertz CT molecular complexity index is 1930. The topological polar surface area (TPSA) is 131 Å². The van der Waals surface area contributed by atoms with Gasteiger partial charge in [0.15, 0.2) is 5.57 Å². The monoisotopic (exact) mass is 562 g/mol. The molecular formula is C31H22N4O5S. The predicted molar refractivity (Wildman–Crippen MR) is 156 cm³/mol. The second-order valence-electron chi connectivity index (χ2n) is 8.88. The van der Waals surface area contributed by atoms with Crippen molar-refractivity contribution in [3.63, 3.8) is 0 Å². The molecule has 0 spiro atoms. The number of nitro groups is 1. The summed E-state index contributed by atoms with van der Waals surface area (Å²) < 4.78 is 7.71. The molecule has 0 saturated heterocycles. The second kappa shape index (κ2) is 12.1. The number of para-hydroxylation sites is 1. The summed E-state index contributed by atoms with van der Waals surface area (Å²) in [5.41, 5.74) is 1.58. The van der Waals surface area contributed by atoms with Crippen molar-refractivity contribution in [2.24, 2.45) is 0 Å². The van der Waals surface area contributed by atoms with Gasteiger partial charge in [-0.15, -0.1) is 11.3 Å². The Balaban J connectivity index is 1.53. The summed E-state index contributed by atoms with van der Waals surface area (Å²) in [5.74, 6) is 0.266. The maximum Gasteiger partial charge on any atom is 0.273 e. The molecule has 41 heavy (non-hydrogen) atoms. The van der Waals surface area contributed by atoms with Gasteiger partial charge in [0.05, 0.1) is 15.1 Å². The van der Waals surface area contributed by atoms with E-state index in [1.54, 1.807) is 60.7 Å². The molecule has 5 rings (SSSR count). The minimum Gasteiger partial charge on any atom is -0.457 e. The molecule has 9 nitrogen and oxygen atoms in total. The number of thiazole rings is 1. The highest BCUT2D eigenvalue weighted by Gasteiger charge is 2.17. The van der Waals surface area contributed by atoms with E-state index < -0.39 is 16.4 Å². The molecule has 1 N–H and O–H groups in total. The molecule has 2 heterocycles. The zero-order valence-corrected chi connectivity index (χ0v) is 22.3. The molecule has 202 valence electrons. The van der Waals surface area contributed by atoms with Crippen LogP contribution in [0.3, 0.4) is 0 Å². The van der Waals surface area contributed by atoms with Gasteiger partial charge in [-0.05, 0) is 48.4 Å². The SMILES string of the molecule is N#C/C(C(=O)NCCc1ccccc1)=c1/s/c(=C/c2ccc(-c3ccc([N+](=O)[O-])cc3)o2)c(=O)n1-c1ccccc1. The van der Waals surface area contributed by atoms with E-state index in [0.717, 1.165) is 16.9 Å². The number of benzene rings is 3. The first-order valence-corrected chi connectivity index (χ1v) is 13.4. The zero-order valence-electron chi connectivity index (χ0n) is 21.5. The molecule has 1 amide bonds. The summed E-state index contributed by atoms with van der Waals surface area (Å²) in [4.78, 5) is 37.2. The molecule has 2 aromatic heterocycles. The number of rotatable bonds is 8. The summed E-state index contributed by atoms with van der Waals surface area (Å²) in [5, 5.41) is 23.7. The number of non-ortho nitro benzene ring substituents is 1. The Labute approximate surface area is 237 Å². The first-order chi connectivity index (χ1) is 19.9. The number of aromatic nitrogens is 1. The van der Waals surface area contributed by atoms with E-state index in [1.165, 1.54) is 16.7 Å². The Morgan fingerprint density at radius 1 is 1.00 bits per heavy atom. The third kappa shape index (κ3) is 6.06. The second-order valence-corrected chi connectivity index (χ2v) is 9.91. The van der Waals surface area contributed by atoms with E-state index in [-0.39, 0.29) is 20.5 Å². The molecule has 3 aromatic carbocycles. The van der Waals surface area contributed by atoms with Gasteiger partial charge in [0.25, 0.3) is 17.2 Å². The van der Waals surface area contributed by atoms with Crippen LogP contribution >= 0.6 is 11.3 Å². The van der Waals surface area contributed by atoms with Crippen molar-refractivity contribution in [3.05, 3.63) is 138 Å². The highest BCUT2D eigenvalue weighted by Crippen LogP contribution is 2.24. The van der Waals surface area contributed by atoms with Crippen molar-refractivity contribution in [1.29, 1.82) is 5.26 Å². The van der Waals surface area contributed by atoms with Gasteiger partial charge in [-0.1, -0.05) is 48.5 Å². The Kier molecular flexibility index (Phi) is 7.99. The van der Waals surface area contributed by atoms with Gasteiger partial charge < -0.3 is 9.73 Å². The molecule has 0 saturated carbocycles. The maximum absolute atomic E-state index is 13.6. The fraction of sp³-hybridized carbons (Fsp3) is 0.0645. The van der Waals surface area contributed by atoms with E-state index in [9.17, 15) is 25.0 Å². The van der Waals surface area contributed by atoms with Crippen LogP contribution in [0.1, 0.15) is 11.3 Å². The van der Waals surface area contributed by atoms with Gasteiger partial charge in [-0.25, -0.2) is 0 Å². The molecule has 5 aromatic rings. The van der Waals surface area contributed by atoms with Crippen LogP contribution in [0, 0.1) is 21.4 Å². The van der Waals surface area contributed by atoms with Crippen molar-refractivity contribution >= 4 is 34.6 Å². The average Bonchev–Trinajstić information content (AvgIpc) is 3.59. The van der Waals surface area contributed by atoms with Crippen molar-refractivity contribution < 1.29 is 14.1 Å². The van der Waals surface area contributed by atoms with Crippen LogP contribution in [-0.4, -0.2) is 21.9 Å². The fourth-order valence-electron chi connectivity index (χ4n) is 4.17. The minimum absolute atomic E-state index is 0.0340. The van der Waals surface area contributed by atoms with E-state index in [1.807, 2.05) is 36.4 Å². The summed E-state index contributed by atoms with van der Waals surface area (Å²) in [7, 11) is 0. The van der Waals surface area contributed by atoms with Gasteiger partial charge >= 0.3 is 0 Å². The Morgan fingerprint density at radius 3 is 2.34 bits per heavy atom. The largest absolute Gasteiger partial charge is 0.457 e. The smallest absolute Gasteiger partial charge is 0.273 e. The quantitative estimate of drug-likeness (QED) is 0.225. The summed E-state index contributed by atoms with van der Waals surface area (Å²) in [6.07, 6.45) is 2.14. The molecule has 0 unspecified atom stereocenters. The number of hydrogen-bond donors (Lipinski definition) is 1. The molecule has 0 fully saturated rings. The van der Waals surface area contributed by atoms with Crippen LogP contribution in [0.15, 0.2) is 106 Å². The fourth-order valence-corrected chi connectivity index (χ4v) is 5.25. The number of carbonyl (C=O) groups excluding carboxylic acids is 1. The number of hydrogen-bond acceptors (Lipinski definition) is 7. The van der Waals surface area contributed by atoms with Gasteiger partial charge in [0.2, 0.25) is 0 Å². The summed E-state index contributed by atoms with van der Waals surface area (Å²) >= 11 is 1.02. The van der Waals surface area contributed by atoms with Crippen LogP contribution in [0.5, 0.6) is 0 Å².